The van der Waals surface area contributed by atoms with Gasteiger partial charge in [0.05, 0.1) is 12.2 Å². The molecule has 1 aromatic carbocycles. The number of ketones is 1. The van der Waals surface area contributed by atoms with Crippen molar-refractivity contribution >= 4 is 17.4 Å². The molecule has 0 saturated heterocycles. The van der Waals surface area contributed by atoms with E-state index < -0.39 is 0 Å². The first-order valence-corrected chi connectivity index (χ1v) is 8.38. The number of H-pyrrole nitrogens is 1. The van der Waals surface area contributed by atoms with Crippen LogP contribution in [0.2, 0.25) is 0 Å². The minimum absolute atomic E-state index is 0.0737. The van der Waals surface area contributed by atoms with Crippen LogP contribution < -0.4 is 9.64 Å². The van der Waals surface area contributed by atoms with Crippen molar-refractivity contribution < 1.29 is 14.3 Å². The summed E-state index contributed by atoms with van der Waals surface area (Å²) in [6, 6.07) is 7.56. The number of aryl methyl sites for hydroxylation is 1. The Morgan fingerprint density at radius 3 is 2.88 bits per heavy atom. The van der Waals surface area contributed by atoms with Crippen molar-refractivity contribution in [3.05, 3.63) is 46.8 Å². The van der Waals surface area contributed by atoms with E-state index in [4.69, 9.17) is 4.74 Å². The molecule has 1 aromatic heterocycles. The van der Waals surface area contributed by atoms with E-state index in [1.54, 1.807) is 4.90 Å². The van der Waals surface area contributed by atoms with Crippen molar-refractivity contribution in [1.82, 2.24) is 4.98 Å². The lowest BCUT2D eigenvalue weighted by Gasteiger charge is -2.33. The number of hydrogen-bond acceptors (Lipinski definition) is 3. The lowest BCUT2D eigenvalue weighted by molar-refractivity contribution is 0.0955. The number of ether oxygens (including phenoxy) is 1. The number of Topliss-reactive ketones (excluding diaryl/α,β-unsaturated/α-hetero) is 1. The molecular weight excluding hydrogens is 304 g/mol. The second-order valence-electron chi connectivity index (χ2n) is 6.57. The lowest BCUT2D eigenvalue weighted by Crippen LogP contribution is -2.42. The maximum atomic E-state index is 13.2. The van der Waals surface area contributed by atoms with Crippen LogP contribution in [0.15, 0.2) is 24.3 Å². The predicted molar refractivity (Wildman–Crippen MR) is 91.0 cm³/mol. The molecular formula is C19H20N2O3. The highest BCUT2D eigenvalue weighted by Crippen LogP contribution is 2.35. The molecule has 2 aliphatic rings. The summed E-state index contributed by atoms with van der Waals surface area (Å²) in [4.78, 5) is 30.4. The molecule has 5 heteroatoms. The quantitative estimate of drug-likeness (QED) is 0.876. The third kappa shape index (κ3) is 2.23. The van der Waals surface area contributed by atoms with E-state index in [0.717, 1.165) is 41.1 Å². The molecule has 4 rings (SSSR count). The molecule has 2 heterocycles. The molecule has 2 aromatic rings. The molecule has 0 spiro atoms. The van der Waals surface area contributed by atoms with E-state index in [-0.39, 0.29) is 17.8 Å². The SMILES string of the molecule is Cc1c(C(=O)N2CC(C)Oc3ccccc32)[nH]c2c1C(=O)CCC2. The number of aromatic amines is 1. The number of aromatic nitrogens is 1. The Labute approximate surface area is 140 Å². The van der Waals surface area contributed by atoms with E-state index in [1.807, 2.05) is 38.1 Å². The lowest BCUT2D eigenvalue weighted by atomic mass is 9.93. The van der Waals surface area contributed by atoms with Crippen LogP contribution in [0.25, 0.3) is 0 Å². The second-order valence-corrected chi connectivity index (χ2v) is 6.57. The maximum Gasteiger partial charge on any atom is 0.275 e. The van der Waals surface area contributed by atoms with Crippen LogP contribution in [0.1, 0.15) is 51.9 Å². The Bertz CT molecular complexity index is 837. The van der Waals surface area contributed by atoms with Crippen molar-refractivity contribution in [3.8, 4) is 5.75 Å². The van der Waals surface area contributed by atoms with Gasteiger partial charge in [-0.15, -0.1) is 0 Å². The zero-order valence-corrected chi connectivity index (χ0v) is 13.9. The van der Waals surface area contributed by atoms with Crippen LogP contribution in [-0.4, -0.2) is 29.3 Å². The topological polar surface area (TPSA) is 62.4 Å². The Morgan fingerprint density at radius 2 is 2.08 bits per heavy atom. The normalized spacial score (nSPS) is 19.5. The average Bonchev–Trinajstić information content (AvgIpc) is 2.91. The molecule has 1 unspecified atom stereocenters. The van der Waals surface area contributed by atoms with Gasteiger partial charge < -0.3 is 9.72 Å². The zero-order chi connectivity index (χ0) is 16.8. The average molecular weight is 324 g/mol. The first-order chi connectivity index (χ1) is 11.6. The van der Waals surface area contributed by atoms with Crippen molar-refractivity contribution in [2.75, 3.05) is 11.4 Å². The van der Waals surface area contributed by atoms with Gasteiger partial charge >= 0.3 is 0 Å². The number of fused-ring (bicyclic) bond motifs is 2. The summed E-state index contributed by atoms with van der Waals surface area (Å²) in [5, 5.41) is 0. The Hall–Kier alpha value is -2.56. The van der Waals surface area contributed by atoms with Gasteiger partial charge in [-0.3, -0.25) is 14.5 Å². The van der Waals surface area contributed by atoms with E-state index in [9.17, 15) is 9.59 Å². The summed E-state index contributed by atoms with van der Waals surface area (Å²) in [6.45, 7) is 4.31. The molecule has 5 nitrogen and oxygen atoms in total. The fourth-order valence-electron chi connectivity index (χ4n) is 3.70. The van der Waals surface area contributed by atoms with Gasteiger partial charge in [0.2, 0.25) is 0 Å². The monoisotopic (exact) mass is 324 g/mol. The van der Waals surface area contributed by atoms with E-state index >= 15 is 0 Å². The minimum Gasteiger partial charge on any atom is -0.487 e. The number of carbonyl (C=O) groups is 2. The van der Waals surface area contributed by atoms with Crippen LogP contribution in [0.3, 0.4) is 0 Å². The number of benzene rings is 1. The molecule has 0 fully saturated rings. The van der Waals surface area contributed by atoms with Gasteiger partial charge in [-0.1, -0.05) is 12.1 Å². The molecule has 1 atom stereocenters. The zero-order valence-electron chi connectivity index (χ0n) is 13.9. The summed E-state index contributed by atoms with van der Waals surface area (Å²) in [5.41, 5.74) is 3.70. The molecule has 1 amide bonds. The molecule has 124 valence electrons. The first kappa shape index (κ1) is 15.0. The third-order valence-corrected chi connectivity index (χ3v) is 4.82. The van der Waals surface area contributed by atoms with Gasteiger partial charge in [-0.05, 0) is 44.4 Å². The highest BCUT2D eigenvalue weighted by atomic mass is 16.5. The van der Waals surface area contributed by atoms with Crippen LogP contribution in [0.5, 0.6) is 5.75 Å². The van der Waals surface area contributed by atoms with Gasteiger partial charge in [0.25, 0.3) is 5.91 Å². The Balaban J connectivity index is 1.76. The summed E-state index contributed by atoms with van der Waals surface area (Å²) in [7, 11) is 0. The van der Waals surface area contributed by atoms with Crippen LogP contribution in [0, 0.1) is 6.92 Å². The Kier molecular flexibility index (Phi) is 3.44. The Morgan fingerprint density at radius 1 is 1.29 bits per heavy atom. The predicted octanol–water partition coefficient (Wildman–Crippen LogP) is 3.27. The number of hydrogen-bond donors (Lipinski definition) is 1. The number of anilines is 1. The number of rotatable bonds is 1. The fraction of sp³-hybridized carbons (Fsp3) is 0.368. The highest BCUT2D eigenvalue weighted by molar-refractivity contribution is 6.10. The summed E-state index contributed by atoms with van der Waals surface area (Å²) in [5.74, 6) is 0.756. The van der Waals surface area contributed by atoms with Crippen LogP contribution >= 0.6 is 0 Å². The molecule has 0 radical (unpaired) electrons. The van der Waals surface area contributed by atoms with Gasteiger partial charge in [0.1, 0.15) is 17.5 Å². The summed E-state index contributed by atoms with van der Waals surface area (Å²) < 4.78 is 5.82. The van der Waals surface area contributed by atoms with Gasteiger partial charge in [-0.2, -0.15) is 0 Å². The van der Waals surface area contributed by atoms with Gasteiger partial charge in [0.15, 0.2) is 5.78 Å². The molecule has 0 saturated carbocycles. The number of nitrogens with zero attached hydrogens (tertiary/aromatic N) is 1. The minimum atomic E-state index is -0.0997. The smallest absolute Gasteiger partial charge is 0.275 e. The van der Waals surface area contributed by atoms with Crippen molar-refractivity contribution in [3.63, 3.8) is 0 Å². The van der Waals surface area contributed by atoms with E-state index in [2.05, 4.69) is 4.98 Å². The van der Waals surface area contributed by atoms with Crippen LogP contribution in [-0.2, 0) is 6.42 Å². The largest absolute Gasteiger partial charge is 0.487 e. The summed E-state index contributed by atoms with van der Waals surface area (Å²) >= 11 is 0. The third-order valence-electron chi connectivity index (χ3n) is 4.82. The highest BCUT2D eigenvalue weighted by Gasteiger charge is 2.32. The molecule has 24 heavy (non-hydrogen) atoms. The second kappa shape index (κ2) is 5.51. The number of amides is 1. The number of nitrogens with one attached hydrogen (secondary N) is 1. The van der Waals surface area contributed by atoms with Crippen molar-refractivity contribution in [2.24, 2.45) is 0 Å². The maximum absolute atomic E-state index is 13.2. The number of para-hydroxylation sites is 2. The fourth-order valence-corrected chi connectivity index (χ4v) is 3.70. The summed E-state index contributed by atoms with van der Waals surface area (Å²) in [6.07, 6.45) is 2.16. The van der Waals surface area contributed by atoms with Crippen molar-refractivity contribution in [1.29, 1.82) is 0 Å². The number of carbonyl (C=O) groups excluding carboxylic acids is 2. The van der Waals surface area contributed by atoms with Crippen LogP contribution in [0.4, 0.5) is 5.69 Å². The standard InChI is InChI=1S/C19H20N2O3/c1-11-10-21(14-7-3-4-9-16(14)24-11)19(23)18-12(2)17-13(20-18)6-5-8-15(17)22/h3-4,7,9,11,20H,5-6,8,10H2,1-2H3. The molecule has 1 N–H and O–H groups in total. The first-order valence-electron chi connectivity index (χ1n) is 8.38. The van der Waals surface area contributed by atoms with Gasteiger partial charge in [0, 0.05) is 17.7 Å². The van der Waals surface area contributed by atoms with Gasteiger partial charge in [-0.25, -0.2) is 0 Å². The molecule has 0 bridgehead atoms. The molecule has 1 aliphatic heterocycles. The van der Waals surface area contributed by atoms with E-state index in [1.165, 1.54) is 0 Å². The van der Waals surface area contributed by atoms with Crippen molar-refractivity contribution in [2.45, 2.75) is 39.2 Å². The van der Waals surface area contributed by atoms with E-state index in [0.29, 0.717) is 18.7 Å². The molecule has 1 aliphatic carbocycles.